The maximum absolute atomic E-state index is 12.0. The fourth-order valence-corrected chi connectivity index (χ4v) is 2.51. The maximum Gasteiger partial charge on any atom is 0.323 e. The summed E-state index contributed by atoms with van der Waals surface area (Å²) in [6, 6.07) is -0.463. The Morgan fingerprint density at radius 3 is 2.38 bits per heavy atom. The average molecular weight is 297 g/mol. The smallest absolute Gasteiger partial charge is 0.323 e. The van der Waals surface area contributed by atoms with Crippen molar-refractivity contribution in [3.63, 3.8) is 0 Å². The maximum atomic E-state index is 12.0. The lowest BCUT2D eigenvalue weighted by molar-refractivity contribution is -0.137. The number of urea groups is 1. The molecule has 1 heterocycles. The van der Waals surface area contributed by atoms with E-state index in [4.69, 9.17) is 5.11 Å². The van der Waals surface area contributed by atoms with Gasteiger partial charge in [-0.3, -0.25) is 9.59 Å². The van der Waals surface area contributed by atoms with Crippen molar-refractivity contribution in [3.05, 3.63) is 0 Å². The third-order valence-corrected chi connectivity index (χ3v) is 3.89. The summed E-state index contributed by atoms with van der Waals surface area (Å²) >= 11 is 0. The van der Waals surface area contributed by atoms with Crippen LogP contribution in [0.4, 0.5) is 4.79 Å². The number of nitrogens with zero attached hydrogens (tertiary/aromatic N) is 2. The van der Waals surface area contributed by atoms with E-state index in [9.17, 15) is 14.4 Å². The van der Waals surface area contributed by atoms with Crippen LogP contribution in [0.25, 0.3) is 0 Å². The topological polar surface area (TPSA) is 90.0 Å². The normalized spacial score (nSPS) is 18.2. The molecule has 2 N–H and O–H groups in total. The van der Waals surface area contributed by atoms with Gasteiger partial charge in [0.1, 0.15) is 6.54 Å². The number of nitrogens with one attached hydrogen (secondary N) is 1. The van der Waals surface area contributed by atoms with E-state index in [-0.39, 0.29) is 19.0 Å². The van der Waals surface area contributed by atoms with Crippen molar-refractivity contribution in [1.29, 1.82) is 0 Å². The van der Waals surface area contributed by atoms with E-state index in [1.54, 1.807) is 4.90 Å². The Morgan fingerprint density at radius 2 is 1.81 bits per heavy atom. The molecular formula is C14H23N3O4. The first-order valence-electron chi connectivity index (χ1n) is 7.58. The van der Waals surface area contributed by atoms with Gasteiger partial charge in [-0.15, -0.1) is 0 Å². The Kier molecular flexibility index (Phi) is 5.41. The molecule has 0 bridgehead atoms. The fraction of sp³-hybridized carbons (Fsp3) is 0.786. The third kappa shape index (κ3) is 5.24. The van der Waals surface area contributed by atoms with Crippen LogP contribution < -0.4 is 5.32 Å². The van der Waals surface area contributed by atoms with E-state index >= 15 is 0 Å². The first-order valence-corrected chi connectivity index (χ1v) is 7.58. The number of rotatable bonds is 6. The number of carbonyl (C=O) groups is 3. The van der Waals surface area contributed by atoms with Crippen molar-refractivity contribution < 1.29 is 19.5 Å². The van der Waals surface area contributed by atoms with Gasteiger partial charge in [-0.05, 0) is 38.0 Å². The van der Waals surface area contributed by atoms with Gasteiger partial charge in [0.15, 0.2) is 0 Å². The van der Waals surface area contributed by atoms with Gasteiger partial charge in [0.2, 0.25) is 5.91 Å². The Hall–Kier alpha value is -1.79. The molecule has 1 saturated heterocycles. The van der Waals surface area contributed by atoms with Crippen molar-refractivity contribution >= 4 is 17.9 Å². The SMILES string of the molecule is O=C(O)CN(CC1CC1)C(=O)NCC(=O)N1CCCCC1. The van der Waals surface area contributed by atoms with Gasteiger partial charge in [0.05, 0.1) is 6.54 Å². The molecule has 0 aromatic heterocycles. The van der Waals surface area contributed by atoms with Crippen LogP contribution in [0.15, 0.2) is 0 Å². The average Bonchev–Trinajstić information content (AvgIpc) is 3.28. The highest BCUT2D eigenvalue weighted by Crippen LogP contribution is 2.29. The van der Waals surface area contributed by atoms with Crippen molar-refractivity contribution in [2.24, 2.45) is 5.92 Å². The van der Waals surface area contributed by atoms with Crippen LogP contribution in [0.2, 0.25) is 0 Å². The highest BCUT2D eigenvalue weighted by atomic mass is 16.4. The Bertz CT molecular complexity index is 403. The first kappa shape index (κ1) is 15.6. The zero-order valence-electron chi connectivity index (χ0n) is 12.2. The zero-order chi connectivity index (χ0) is 15.2. The number of carboxylic acid groups (broad SMARTS) is 1. The summed E-state index contributed by atoms with van der Waals surface area (Å²) in [5, 5.41) is 11.4. The largest absolute Gasteiger partial charge is 0.480 e. The van der Waals surface area contributed by atoms with Crippen molar-refractivity contribution in [2.45, 2.75) is 32.1 Å². The molecule has 2 rings (SSSR count). The van der Waals surface area contributed by atoms with Gasteiger partial charge >= 0.3 is 12.0 Å². The van der Waals surface area contributed by atoms with E-state index in [1.165, 1.54) is 4.90 Å². The standard InChI is InChI=1S/C14H23N3O4/c18-12(16-6-2-1-3-7-16)8-15-14(21)17(10-13(19)20)9-11-4-5-11/h11H,1-10H2,(H,15,21)(H,19,20). The van der Waals surface area contributed by atoms with Crippen LogP contribution in [0.1, 0.15) is 32.1 Å². The molecule has 7 heteroatoms. The number of amides is 3. The molecule has 0 aromatic rings. The second-order valence-corrected chi connectivity index (χ2v) is 5.82. The van der Waals surface area contributed by atoms with Crippen LogP contribution in [0.3, 0.4) is 0 Å². The lowest BCUT2D eigenvalue weighted by atomic mass is 10.1. The van der Waals surface area contributed by atoms with Crippen molar-refractivity contribution in [3.8, 4) is 0 Å². The Balaban J connectivity index is 1.77. The summed E-state index contributed by atoms with van der Waals surface area (Å²) in [5.41, 5.74) is 0. The van der Waals surface area contributed by atoms with Crippen LogP contribution >= 0.6 is 0 Å². The second kappa shape index (κ2) is 7.28. The van der Waals surface area contributed by atoms with E-state index < -0.39 is 12.0 Å². The molecule has 3 amide bonds. The molecule has 118 valence electrons. The van der Waals surface area contributed by atoms with Crippen molar-refractivity contribution in [2.75, 3.05) is 32.7 Å². The van der Waals surface area contributed by atoms with Crippen molar-refractivity contribution in [1.82, 2.24) is 15.1 Å². The molecule has 1 aliphatic carbocycles. The monoisotopic (exact) mass is 297 g/mol. The minimum atomic E-state index is -1.03. The molecular weight excluding hydrogens is 274 g/mol. The predicted molar refractivity (Wildman–Crippen MR) is 75.8 cm³/mol. The fourth-order valence-electron chi connectivity index (χ4n) is 2.51. The van der Waals surface area contributed by atoms with Gasteiger partial charge in [-0.1, -0.05) is 0 Å². The van der Waals surface area contributed by atoms with E-state index in [2.05, 4.69) is 5.32 Å². The second-order valence-electron chi connectivity index (χ2n) is 5.82. The Labute approximate surface area is 124 Å². The summed E-state index contributed by atoms with van der Waals surface area (Å²) in [6.07, 6.45) is 5.23. The van der Waals surface area contributed by atoms with Gasteiger partial charge in [0, 0.05) is 19.6 Å². The number of carboxylic acids is 1. The molecule has 7 nitrogen and oxygen atoms in total. The summed E-state index contributed by atoms with van der Waals surface area (Å²) in [6.45, 7) is 1.57. The minimum absolute atomic E-state index is 0.0559. The van der Waals surface area contributed by atoms with E-state index in [1.807, 2.05) is 0 Å². The number of aliphatic carboxylic acids is 1. The summed E-state index contributed by atoms with van der Waals surface area (Å²) in [7, 11) is 0. The quantitative estimate of drug-likeness (QED) is 0.747. The molecule has 0 unspecified atom stereocenters. The molecule has 0 atom stereocenters. The molecule has 0 spiro atoms. The molecule has 0 aromatic carbocycles. The first-order chi connectivity index (χ1) is 10.1. The number of piperidine rings is 1. The van der Waals surface area contributed by atoms with Gasteiger partial charge in [-0.25, -0.2) is 4.79 Å². The summed E-state index contributed by atoms with van der Waals surface area (Å²) in [4.78, 5) is 37.8. The number of carbonyl (C=O) groups excluding carboxylic acids is 2. The molecule has 2 fully saturated rings. The van der Waals surface area contributed by atoms with E-state index in [0.717, 1.165) is 45.2 Å². The summed E-state index contributed by atoms with van der Waals surface area (Å²) < 4.78 is 0. The molecule has 0 radical (unpaired) electrons. The third-order valence-electron chi connectivity index (χ3n) is 3.89. The lowest BCUT2D eigenvalue weighted by Gasteiger charge is -2.27. The van der Waals surface area contributed by atoms with Gasteiger partial charge < -0.3 is 20.2 Å². The predicted octanol–water partition coefficient (Wildman–Crippen LogP) is 0.505. The molecule has 1 aliphatic heterocycles. The lowest BCUT2D eigenvalue weighted by Crippen LogP contribution is -2.48. The number of hydrogen-bond donors (Lipinski definition) is 2. The van der Waals surface area contributed by atoms with Crippen LogP contribution in [0, 0.1) is 5.92 Å². The highest BCUT2D eigenvalue weighted by molar-refractivity contribution is 5.85. The van der Waals surface area contributed by atoms with Gasteiger partial charge in [-0.2, -0.15) is 0 Å². The van der Waals surface area contributed by atoms with Crippen LogP contribution in [0.5, 0.6) is 0 Å². The Morgan fingerprint density at radius 1 is 1.14 bits per heavy atom. The van der Waals surface area contributed by atoms with Gasteiger partial charge in [0.25, 0.3) is 0 Å². The van der Waals surface area contributed by atoms with Crippen LogP contribution in [-0.4, -0.2) is 65.5 Å². The van der Waals surface area contributed by atoms with E-state index in [0.29, 0.717) is 12.5 Å². The number of likely N-dealkylation sites (tertiary alicyclic amines) is 1. The molecule has 21 heavy (non-hydrogen) atoms. The molecule has 1 saturated carbocycles. The van der Waals surface area contributed by atoms with Crippen LogP contribution in [-0.2, 0) is 9.59 Å². The molecule has 2 aliphatic rings. The minimum Gasteiger partial charge on any atom is -0.480 e. The summed E-state index contributed by atoms with van der Waals surface area (Å²) in [5.74, 6) is -0.717. The number of hydrogen-bond acceptors (Lipinski definition) is 3. The highest BCUT2D eigenvalue weighted by Gasteiger charge is 2.28. The zero-order valence-corrected chi connectivity index (χ0v) is 12.2.